The number of nitrogens with two attached hydrogens (primary N) is 1. The summed E-state index contributed by atoms with van der Waals surface area (Å²) in [5, 5.41) is 0.676. The van der Waals surface area contributed by atoms with Crippen LogP contribution in [-0.4, -0.2) is 12.1 Å². The van der Waals surface area contributed by atoms with Gasteiger partial charge >= 0.3 is 0 Å². The Balaban J connectivity index is 2.74. The molecular formula is C5H8N2OS. The first kappa shape index (κ1) is 6.51. The van der Waals surface area contributed by atoms with Crippen LogP contribution >= 0.6 is 11.3 Å². The molecule has 1 heterocycles. The lowest BCUT2D eigenvalue weighted by Gasteiger charge is -1.86. The molecule has 0 saturated heterocycles. The molecule has 2 N–H and O–H groups in total. The maximum Gasteiger partial charge on any atom is 0.273 e. The van der Waals surface area contributed by atoms with Gasteiger partial charge in [-0.1, -0.05) is 11.3 Å². The van der Waals surface area contributed by atoms with Crippen LogP contribution in [0.1, 0.15) is 4.88 Å². The van der Waals surface area contributed by atoms with Crippen LogP contribution in [0.25, 0.3) is 0 Å². The highest BCUT2D eigenvalue weighted by Crippen LogP contribution is 2.18. The first-order chi connectivity index (χ1) is 4.36. The van der Waals surface area contributed by atoms with E-state index in [9.17, 15) is 0 Å². The molecule has 0 fully saturated rings. The second-order valence-corrected chi connectivity index (χ2v) is 2.58. The fourth-order valence-corrected chi connectivity index (χ4v) is 1.08. The Morgan fingerprint density at radius 2 is 2.67 bits per heavy atom. The SMILES string of the molecule is COc1ncc(CN)s1. The number of hydrogen-bond donors (Lipinski definition) is 1. The minimum atomic E-state index is 0.543. The molecule has 0 unspecified atom stereocenters. The highest BCUT2D eigenvalue weighted by atomic mass is 32.1. The molecule has 9 heavy (non-hydrogen) atoms. The van der Waals surface area contributed by atoms with Crippen molar-refractivity contribution in [3.8, 4) is 5.19 Å². The highest BCUT2D eigenvalue weighted by Gasteiger charge is 1.96. The normalized spacial score (nSPS) is 9.56. The predicted molar refractivity (Wildman–Crippen MR) is 36.6 cm³/mol. The number of hydrogen-bond acceptors (Lipinski definition) is 4. The number of rotatable bonds is 2. The van der Waals surface area contributed by atoms with Gasteiger partial charge in [0.25, 0.3) is 5.19 Å². The summed E-state index contributed by atoms with van der Waals surface area (Å²) in [5.74, 6) is 0. The first-order valence-electron chi connectivity index (χ1n) is 2.55. The predicted octanol–water partition coefficient (Wildman–Crippen LogP) is 0.610. The minimum Gasteiger partial charge on any atom is -0.473 e. The summed E-state index contributed by atoms with van der Waals surface area (Å²) in [5.41, 5.74) is 5.33. The molecule has 0 aliphatic rings. The van der Waals surface area contributed by atoms with Crippen molar-refractivity contribution < 1.29 is 4.74 Å². The molecule has 3 nitrogen and oxygen atoms in total. The lowest BCUT2D eigenvalue weighted by atomic mass is 10.6. The van der Waals surface area contributed by atoms with Gasteiger partial charge in [0.15, 0.2) is 0 Å². The van der Waals surface area contributed by atoms with Crippen molar-refractivity contribution >= 4 is 11.3 Å². The number of thiazole rings is 1. The smallest absolute Gasteiger partial charge is 0.273 e. The van der Waals surface area contributed by atoms with Crippen LogP contribution in [0.4, 0.5) is 0 Å². The van der Waals surface area contributed by atoms with Gasteiger partial charge in [0.05, 0.1) is 7.11 Å². The maximum atomic E-state index is 5.33. The minimum absolute atomic E-state index is 0.543. The second-order valence-electron chi connectivity index (χ2n) is 1.50. The third-order valence-corrected chi connectivity index (χ3v) is 1.89. The van der Waals surface area contributed by atoms with Crippen molar-refractivity contribution in [2.45, 2.75) is 6.54 Å². The Morgan fingerprint density at radius 1 is 1.89 bits per heavy atom. The third kappa shape index (κ3) is 1.40. The van der Waals surface area contributed by atoms with E-state index in [2.05, 4.69) is 4.98 Å². The van der Waals surface area contributed by atoms with E-state index in [4.69, 9.17) is 10.5 Å². The molecule has 0 aliphatic heterocycles. The van der Waals surface area contributed by atoms with E-state index in [0.717, 1.165) is 4.88 Å². The van der Waals surface area contributed by atoms with Crippen molar-refractivity contribution in [1.29, 1.82) is 0 Å². The zero-order chi connectivity index (χ0) is 6.69. The zero-order valence-corrected chi connectivity index (χ0v) is 5.94. The van der Waals surface area contributed by atoms with Crippen LogP contribution in [0.15, 0.2) is 6.20 Å². The number of nitrogens with zero attached hydrogens (tertiary/aromatic N) is 1. The van der Waals surface area contributed by atoms with E-state index in [0.29, 0.717) is 11.7 Å². The summed E-state index contributed by atoms with van der Waals surface area (Å²) < 4.78 is 4.85. The summed E-state index contributed by atoms with van der Waals surface area (Å²) >= 11 is 1.47. The van der Waals surface area contributed by atoms with Crippen LogP contribution in [0, 0.1) is 0 Å². The third-order valence-electron chi connectivity index (χ3n) is 0.908. The summed E-state index contributed by atoms with van der Waals surface area (Å²) in [7, 11) is 1.60. The topological polar surface area (TPSA) is 48.1 Å². The molecule has 0 bridgehead atoms. The summed E-state index contributed by atoms with van der Waals surface area (Å²) in [4.78, 5) is 4.97. The van der Waals surface area contributed by atoms with E-state index >= 15 is 0 Å². The molecule has 0 spiro atoms. The average molecular weight is 144 g/mol. The molecule has 0 aromatic carbocycles. The molecule has 50 valence electrons. The lowest BCUT2D eigenvalue weighted by Crippen LogP contribution is -1.91. The first-order valence-corrected chi connectivity index (χ1v) is 3.37. The van der Waals surface area contributed by atoms with Crippen molar-refractivity contribution in [3.63, 3.8) is 0 Å². The number of methoxy groups -OCH3 is 1. The molecular weight excluding hydrogens is 136 g/mol. The lowest BCUT2D eigenvalue weighted by molar-refractivity contribution is 0.412. The van der Waals surface area contributed by atoms with Crippen molar-refractivity contribution in [3.05, 3.63) is 11.1 Å². The fourth-order valence-electron chi connectivity index (χ4n) is 0.478. The number of ether oxygens (including phenoxy) is 1. The van der Waals surface area contributed by atoms with Gasteiger partial charge in [-0.15, -0.1) is 0 Å². The fraction of sp³-hybridized carbons (Fsp3) is 0.400. The summed E-state index contributed by atoms with van der Waals surface area (Å²) in [6.45, 7) is 0.543. The molecule has 0 atom stereocenters. The van der Waals surface area contributed by atoms with E-state index in [1.54, 1.807) is 13.3 Å². The Morgan fingerprint density at radius 3 is 3.00 bits per heavy atom. The van der Waals surface area contributed by atoms with Crippen LogP contribution in [0.5, 0.6) is 5.19 Å². The van der Waals surface area contributed by atoms with Crippen molar-refractivity contribution in [2.75, 3.05) is 7.11 Å². The maximum absolute atomic E-state index is 5.33. The van der Waals surface area contributed by atoms with Crippen LogP contribution in [0.2, 0.25) is 0 Å². The largest absolute Gasteiger partial charge is 0.473 e. The standard InChI is InChI=1S/C5H8N2OS/c1-8-5-7-3-4(2-6)9-5/h3H,2,6H2,1H3. The molecule has 0 saturated carbocycles. The van der Waals surface area contributed by atoms with E-state index < -0.39 is 0 Å². The number of aromatic nitrogens is 1. The molecule has 1 aromatic heterocycles. The average Bonchev–Trinajstić information content (AvgIpc) is 2.34. The Hall–Kier alpha value is -0.610. The van der Waals surface area contributed by atoms with Crippen LogP contribution in [0.3, 0.4) is 0 Å². The van der Waals surface area contributed by atoms with Gasteiger partial charge in [-0.3, -0.25) is 0 Å². The van der Waals surface area contributed by atoms with Gasteiger partial charge < -0.3 is 10.5 Å². The molecule has 1 aromatic rings. The van der Waals surface area contributed by atoms with Gasteiger partial charge in [-0.25, -0.2) is 4.98 Å². The van der Waals surface area contributed by atoms with E-state index in [1.807, 2.05) is 0 Å². The van der Waals surface area contributed by atoms with Crippen molar-refractivity contribution in [1.82, 2.24) is 4.98 Å². The zero-order valence-electron chi connectivity index (χ0n) is 5.13. The van der Waals surface area contributed by atoms with Gasteiger partial charge in [0.2, 0.25) is 0 Å². The second kappa shape index (κ2) is 2.80. The van der Waals surface area contributed by atoms with Gasteiger partial charge in [-0.05, 0) is 0 Å². The Bertz CT molecular complexity index is 168. The van der Waals surface area contributed by atoms with Gasteiger partial charge in [0.1, 0.15) is 0 Å². The summed E-state index contributed by atoms with van der Waals surface area (Å²) in [6.07, 6.45) is 1.73. The monoisotopic (exact) mass is 144 g/mol. The molecule has 0 amide bonds. The van der Waals surface area contributed by atoms with Crippen LogP contribution < -0.4 is 10.5 Å². The highest BCUT2D eigenvalue weighted by molar-refractivity contribution is 7.13. The summed E-state index contributed by atoms with van der Waals surface area (Å²) in [6, 6.07) is 0. The van der Waals surface area contributed by atoms with E-state index in [-0.39, 0.29) is 0 Å². The molecule has 4 heteroatoms. The Labute approximate surface area is 57.5 Å². The van der Waals surface area contributed by atoms with Gasteiger partial charge in [0, 0.05) is 17.6 Å². The van der Waals surface area contributed by atoms with E-state index in [1.165, 1.54) is 11.3 Å². The Kier molecular flexibility index (Phi) is 2.02. The van der Waals surface area contributed by atoms with Gasteiger partial charge in [-0.2, -0.15) is 0 Å². The quantitative estimate of drug-likeness (QED) is 0.661. The molecule has 0 aliphatic carbocycles. The molecule has 1 rings (SSSR count). The van der Waals surface area contributed by atoms with Crippen molar-refractivity contribution in [2.24, 2.45) is 5.73 Å². The molecule has 0 radical (unpaired) electrons. The van der Waals surface area contributed by atoms with Crippen LogP contribution in [-0.2, 0) is 6.54 Å².